The van der Waals surface area contributed by atoms with Crippen LogP contribution in [-0.4, -0.2) is 31.4 Å². The van der Waals surface area contributed by atoms with Gasteiger partial charge in [0.05, 0.1) is 11.3 Å². The lowest BCUT2D eigenvalue weighted by molar-refractivity contribution is -0.0825. The summed E-state index contributed by atoms with van der Waals surface area (Å²) in [7, 11) is 0. The Hall–Kier alpha value is -1.92. The second kappa shape index (κ2) is 18.6. The lowest BCUT2D eigenvalue weighted by Crippen LogP contribution is -2.33. The van der Waals surface area contributed by atoms with Crippen LogP contribution in [0.4, 0.5) is 13.2 Å². The van der Waals surface area contributed by atoms with Gasteiger partial charge in [0.2, 0.25) is 5.95 Å². The molecule has 41 heavy (non-hydrogen) atoms. The zero-order valence-electron chi connectivity index (χ0n) is 25.5. The van der Waals surface area contributed by atoms with E-state index in [9.17, 15) is 0 Å². The number of hydrogen-bond acceptors (Lipinski definition) is 3. The number of unbranched alkanes of at least 4 members (excludes halogenated alkanes) is 8. The fraction of sp³-hybridized carbons (Fsp3) is 0.686. The number of benzene rings is 1. The first-order valence-corrected chi connectivity index (χ1v) is 16.3. The third-order valence-electron chi connectivity index (χ3n) is 8.29. The van der Waals surface area contributed by atoms with E-state index in [0.717, 1.165) is 76.8 Å². The number of aromatic nitrogens is 1. The van der Waals surface area contributed by atoms with Gasteiger partial charge in [-0.2, -0.15) is 4.39 Å². The number of pyridine rings is 1. The van der Waals surface area contributed by atoms with E-state index in [4.69, 9.17) is 9.47 Å². The van der Waals surface area contributed by atoms with Gasteiger partial charge in [0.1, 0.15) is 0 Å². The van der Waals surface area contributed by atoms with Crippen molar-refractivity contribution in [3.05, 3.63) is 53.0 Å². The molecule has 1 atom stereocenters. The number of ether oxygens (including phenoxy) is 2. The van der Waals surface area contributed by atoms with Crippen LogP contribution in [0.2, 0.25) is 0 Å². The Bertz CT molecular complexity index is 996. The number of halogens is 3. The molecule has 0 radical (unpaired) electrons. The summed E-state index contributed by atoms with van der Waals surface area (Å²) in [4.78, 5) is 4.01. The Balaban J connectivity index is 1.45. The average molecular weight is 576 g/mol. The summed E-state index contributed by atoms with van der Waals surface area (Å²) in [6.07, 6.45) is 14.9. The van der Waals surface area contributed by atoms with Crippen molar-refractivity contribution in [2.75, 3.05) is 26.4 Å². The van der Waals surface area contributed by atoms with E-state index in [0.29, 0.717) is 43.5 Å². The third-order valence-corrected chi connectivity index (χ3v) is 8.29. The molecule has 1 unspecified atom stereocenters. The normalized spacial score (nSPS) is 16.2. The molecule has 0 N–H and O–H groups in total. The standard InChI is InChI=1S/C35H52F3NO2/c1-3-5-11-23-40-25-13-7-9-15-28-17-19-29(20-18-28)32-27-30-21-22-31(35(37,38)33(30)34(36)39-32)16-10-8-14-26-41-24-12-6-4-2/h17-20,27,31H,3-16,21-26H2,1-2H3. The number of nitrogens with zero attached hydrogens (tertiary/aromatic N) is 1. The maximum absolute atomic E-state index is 15.4. The molecule has 1 aromatic heterocycles. The van der Waals surface area contributed by atoms with Crippen LogP contribution in [0, 0.1) is 11.9 Å². The minimum atomic E-state index is -3.19. The Morgan fingerprint density at radius 1 is 0.780 bits per heavy atom. The highest BCUT2D eigenvalue weighted by atomic mass is 19.3. The quantitative estimate of drug-likeness (QED) is 0.110. The van der Waals surface area contributed by atoms with Gasteiger partial charge in [-0.3, -0.25) is 0 Å². The van der Waals surface area contributed by atoms with Crippen molar-refractivity contribution in [2.24, 2.45) is 5.92 Å². The Labute approximate surface area is 246 Å². The van der Waals surface area contributed by atoms with Gasteiger partial charge >= 0.3 is 0 Å². The smallest absolute Gasteiger partial charge is 0.280 e. The number of alkyl halides is 2. The average Bonchev–Trinajstić information content (AvgIpc) is 2.96. The van der Waals surface area contributed by atoms with E-state index in [-0.39, 0.29) is 0 Å². The molecular weight excluding hydrogens is 523 g/mol. The highest BCUT2D eigenvalue weighted by Gasteiger charge is 2.47. The Morgan fingerprint density at radius 2 is 1.37 bits per heavy atom. The zero-order chi connectivity index (χ0) is 29.3. The predicted octanol–water partition coefficient (Wildman–Crippen LogP) is 10.2. The fourth-order valence-electron chi connectivity index (χ4n) is 5.74. The molecule has 1 heterocycles. The number of fused-ring (bicyclic) bond motifs is 1. The van der Waals surface area contributed by atoms with Crippen molar-refractivity contribution >= 4 is 0 Å². The van der Waals surface area contributed by atoms with E-state index in [1.54, 1.807) is 6.07 Å². The van der Waals surface area contributed by atoms with Gasteiger partial charge in [-0.15, -0.1) is 0 Å². The minimum absolute atomic E-state index is 0.374. The summed E-state index contributed by atoms with van der Waals surface area (Å²) >= 11 is 0. The molecule has 0 saturated carbocycles. The maximum atomic E-state index is 15.4. The molecule has 0 aliphatic heterocycles. The number of aryl methyl sites for hydroxylation is 2. The molecule has 1 aromatic carbocycles. The summed E-state index contributed by atoms with van der Waals surface area (Å²) in [5.74, 6) is -5.05. The largest absolute Gasteiger partial charge is 0.381 e. The SMILES string of the molecule is CCCCCOCCCCCc1ccc(-c2cc3c(c(F)n2)C(F)(F)C(CCCCCOCCCCC)CC3)cc1. The summed E-state index contributed by atoms with van der Waals surface area (Å²) in [5.41, 5.74) is 2.32. The highest BCUT2D eigenvalue weighted by Crippen LogP contribution is 2.47. The van der Waals surface area contributed by atoms with Gasteiger partial charge in [-0.25, -0.2) is 13.8 Å². The van der Waals surface area contributed by atoms with Crippen molar-refractivity contribution in [3.8, 4) is 11.3 Å². The molecule has 3 nitrogen and oxygen atoms in total. The first kappa shape index (κ1) is 33.6. The van der Waals surface area contributed by atoms with E-state index in [2.05, 4.69) is 18.8 Å². The van der Waals surface area contributed by atoms with Crippen molar-refractivity contribution in [3.63, 3.8) is 0 Å². The summed E-state index contributed by atoms with van der Waals surface area (Å²) < 4.78 is 57.2. The molecule has 0 fully saturated rings. The zero-order valence-corrected chi connectivity index (χ0v) is 25.5. The predicted molar refractivity (Wildman–Crippen MR) is 162 cm³/mol. The van der Waals surface area contributed by atoms with Crippen LogP contribution in [0.5, 0.6) is 0 Å². The lowest BCUT2D eigenvalue weighted by Gasteiger charge is -2.33. The fourth-order valence-corrected chi connectivity index (χ4v) is 5.74. The number of rotatable bonds is 21. The Morgan fingerprint density at radius 3 is 1.98 bits per heavy atom. The molecule has 1 aliphatic carbocycles. The van der Waals surface area contributed by atoms with Gasteiger partial charge in [0.25, 0.3) is 5.92 Å². The number of hydrogen-bond donors (Lipinski definition) is 0. The lowest BCUT2D eigenvalue weighted by atomic mass is 9.78. The van der Waals surface area contributed by atoms with Gasteiger partial charge in [-0.1, -0.05) is 83.1 Å². The summed E-state index contributed by atoms with van der Waals surface area (Å²) in [5, 5.41) is 0. The first-order valence-electron chi connectivity index (χ1n) is 16.3. The molecule has 3 rings (SSSR count). The van der Waals surface area contributed by atoms with Crippen LogP contribution >= 0.6 is 0 Å². The minimum Gasteiger partial charge on any atom is -0.381 e. The molecular formula is C35H52F3NO2. The molecule has 0 amide bonds. The first-order chi connectivity index (χ1) is 20.0. The molecule has 0 bridgehead atoms. The Kier molecular flexibility index (Phi) is 15.2. The molecule has 230 valence electrons. The second-order valence-electron chi connectivity index (χ2n) is 11.7. The second-order valence-corrected chi connectivity index (χ2v) is 11.7. The molecule has 0 saturated heterocycles. The third kappa shape index (κ3) is 11.0. The van der Waals surface area contributed by atoms with Gasteiger partial charge in [0, 0.05) is 37.9 Å². The molecule has 6 heteroatoms. The van der Waals surface area contributed by atoms with Gasteiger partial charge in [0.15, 0.2) is 0 Å². The van der Waals surface area contributed by atoms with E-state index in [1.807, 2.05) is 24.3 Å². The van der Waals surface area contributed by atoms with Crippen molar-refractivity contribution < 1.29 is 22.6 Å². The van der Waals surface area contributed by atoms with Gasteiger partial charge < -0.3 is 9.47 Å². The van der Waals surface area contributed by atoms with E-state index in [1.165, 1.54) is 31.2 Å². The molecule has 0 spiro atoms. The van der Waals surface area contributed by atoms with Crippen LogP contribution < -0.4 is 0 Å². The summed E-state index contributed by atoms with van der Waals surface area (Å²) in [6, 6.07) is 9.61. The summed E-state index contributed by atoms with van der Waals surface area (Å²) in [6.45, 7) is 7.51. The van der Waals surface area contributed by atoms with E-state index < -0.39 is 23.4 Å². The van der Waals surface area contributed by atoms with Crippen LogP contribution in [0.1, 0.15) is 120 Å². The topological polar surface area (TPSA) is 31.4 Å². The van der Waals surface area contributed by atoms with Crippen LogP contribution in [0.15, 0.2) is 30.3 Å². The van der Waals surface area contributed by atoms with Crippen LogP contribution in [-0.2, 0) is 28.2 Å². The van der Waals surface area contributed by atoms with E-state index >= 15 is 13.2 Å². The molecule has 2 aromatic rings. The monoisotopic (exact) mass is 575 g/mol. The maximum Gasteiger partial charge on any atom is 0.280 e. The van der Waals surface area contributed by atoms with Crippen molar-refractivity contribution in [2.45, 2.75) is 123 Å². The highest BCUT2D eigenvalue weighted by molar-refractivity contribution is 5.61. The van der Waals surface area contributed by atoms with Crippen LogP contribution in [0.3, 0.4) is 0 Å². The van der Waals surface area contributed by atoms with Crippen LogP contribution in [0.25, 0.3) is 11.3 Å². The van der Waals surface area contributed by atoms with Crippen molar-refractivity contribution in [1.29, 1.82) is 0 Å². The van der Waals surface area contributed by atoms with Gasteiger partial charge in [-0.05, 0) is 75.0 Å². The molecule has 1 aliphatic rings. The van der Waals surface area contributed by atoms with Crippen molar-refractivity contribution in [1.82, 2.24) is 4.98 Å².